The number of rotatable bonds is 4. The maximum Gasteiger partial charge on any atom is 0.252 e. The van der Waals surface area contributed by atoms with E-state index in [1.165, 1.54) is 12.4 Å². The van der Waals surface area contributed by atoms with Crippen LogP contribution in [0.5, 0.6) is 5.75 Å². The Morgan fingerprint density at radius 1 is 1.29 bits per heavy atom. The Kier molecular flexibility index (Phi) is 4.48. The summed E-state index contributed by atoms with van der Waals surface area (Å²) < 4.78 is 20.9. The van der Waals surface area contributed by atoms with Crippen LogP contribution in [0, 0.1) is 12.7 Å². The van der Waals surface area contributed by atoms with Gasteiger partial charge in [0.2, 0.25) is 0 Å². The predicted molar refractivity (Wildman–Crippen MR) is 97.3 cm³/mol. The van der Waals surface area contributed by atoms with Gasteiger partial charge in [0.15, 0.2) is 0 Å². The third-order valence-electron chi connectivity index (χ3n) is 5.15. The molecule has 4 N–H and O–H groups in total. The van der Waals surface area contributed by atoms with Gasteiger partial charge in [-0.2, -0.15) is 0 Å². The van der Waals surface area contributed by atoms with E-state index in [1.54, 1.807) is 10.8 Å². The zero-order valence-corrected chi connectivity index (χ0v) is 15.0. The van der Waals surface area contributed by atoms with Gasteiger partial charge in [0.25, 0.3) is 5.91 Å². The monoisotopic (exact) mass is 386 g/mol. The van der Waals surface area contributed by atoms with Crippen LogP contribution in [0.25, 0.3) is 11.0 Å². The number of nitrogens with zero attached hydrogens (tertiary/aromatic N) is 3. The van der Waals surface area contributed by atoms with Crippen LogP contribution in [0.2, 0.25) is 0 Å². The zero-order chi connectivity index (χ0) is 20.0. The van der Waals surface area contributed by atoms with Crippen molar-refractivity contribution in [1.29, 1.82) is 0 Å². The lowest BCUT2D eigenvalue weighted by Gasteiger charge is -2.19. The highest BCUT2D eigenvalue weighted by molar-refractivity contribution is 5.95. The van der Waals surface area contributed by atoms with E-state index in [9.17, 15) is 19.4 Å². The summed E-state index contributed by atoms with van der Waals surface area (Å²) in [7, 11) is 0. The number of carbonyl (C=O) groups is 1. The SMILES string of the molecule is Cc1ncnc2c1ccn2[C@@H]1C[C@H](Oc2ccc(F)cc2C(N)=O)[C@@H](O)[C@H]1O. The van der Waals surface area contributed by atoms with Crippen molar-refractivity contribution in [2.75, 3.05) is 0 Å². The number of halogens is 1. The van der Waals surface area contributed by atoms with Crippen LogP contribution in [-0.2, 0) is 0 Å². The molecule has 3 aromatic rings. The van der Waals surface area contributed by atoms with Crippen LogP contribution in [0.1, 0.15) is 28.5 Å². The van der Waals surface area contributed by atoms with Crippen LogP contribution in [0.3, 0.4) is 0 Å². The molecule has 1 saturated carbocycles. The second-order valence-electron chi connectivity index (χ2n) is 6.86. The van der Waals surface area contributed by atoms with Crippen LogP contribution in [0.4, 0.5) is 4.39 Å². The second-order valence-corrected chi connectivity index (χ2v) is 6.86. The quantitative estimate of drug-likeness (QED) is 0.617. The molecule has 28 heavy (non-hydrogen) atoms. The Labute approximate surface area is 159 Å². The first-order chi connectivity index (χ1) is 13.4. The topological polar surface area (TPSA) is 123 Å². The van der Waals surface area contributed by atoms with Gasteiger partial charge >= 0.3 is 0 Å². The Morgan fingerprint density at radius 2 is 2.07 bits per heavy atom. The van der Waals surface area contributed by atoms with Gasteiger partial charge in [-0.05, 0) is 31.2 Å². The first kappa shape index (κ1) is 18.3. The van der Waals surface area contributed by atoms with Crippen molar-refractivity contribution in [2.24, 2.45) is 5.73 Å². The summed E-state index contributed by atoms with van der Waals surface area (Å²) in [6.07, 6.45) is 0.332. The van der Waals surface area contributed by atoms with E-state index in [1.807, 2.05) is 13.0 Å². The summed E-state index contributed by atoms with van der Waals surface area (Å²) in [6.45, 7) is 1.86. The molecule has 1 aliphatic carbocycles. The van der Waals surface area contributed by atoms with E-state index in [4.69, 9.17) is 10.5 Å². The van der Waals surface area contributed by atoms with Gasteiger partial charge in [-0.15, -0.1) is 0 Å². The van der Waals surface area contributed by atoms with E-state index in [0.717, 1.165) is 23.2 Å². The molecule has 0 saturated heterocycles. The average molecular weight is 386 g/mol. The number of fused-ring (bicyclic) bond motifs is 1. The minimum atomic E-state index is -1.21. The van der Waals surface area contributed by atoms with Gasteiger partial charge in [0, 0.05) is 18.0 Å². The fourth-order valence-corrected chi connectivity index (χ4v) is 3.69. The minimum Gasteiger partial charge on any atom is -0.487 e. The highest BCUT2D eigenvalue weighted by Crippen LogP contribution is 2.36. The first-order valence-electron chi connectivity index (χ1n) is 8.77. The largest absolute Gasteiger partial charge is 0.487 e. The summed E-state index contributed by atoms with van der Waals surface area (Å²) in [6, 6.07) is 4.75. The van der Waals surface area contributed by atoms with Crippen LogP contribution >= 0.6 is 0 Å². The zero-order valence-electron chi connectivity index (χ0n) is 15.0. The number of aromatic nitrogens is 3. The minimum absolute atomic E-state index is 0.0568. The molecule has 2 heterocycles. The highest BCUT2D eigenvalue weighted by atomic mass is 19.1. The number of amides is 1. The molecule has 1 aromatic carbocycles. The van der Waals surface area contributed by atoms with Crippen molar-refractivity contribution >= 4 is 16.9 Å². The van der Waals surface area contributed by atoms with E-state index in [-0.39, 0.29) is 17.7 Å². The van der Waals surface area contributed by atoms with Gasteiger partial charge in [0.05, 0.1) is 17.3 Å². The molecule has 0 aliphatic heterocycles. The lowest BCUT2D eigenvalue weighted by Crippen LogP contribution is -2.34. The molecule has 9 heteroatoms. The van der Waals surface area contributed by atoms with Crippen molar-refractivity contribution in [1.82, 2.24) is 14.5 Å². The number of carbonyl (C=O) groups excluding carboxylic acids is 1. The van der Waals surface area contributed by atoms with Gasteiger partial charge in [-0.3, -0.25) is 4.79 Å². The Bertz CT molecular complexity index is 1050. The smallest absolute Gasteiger partial charge is 0.252 e. The fourth-order valence-electron chi connectivity index (χ4n) is 3.69. The lowest BCUT2D eigenvalue weighted by atomic mass is 10.1. The van der Waals surface area contributed by atoms with E-state index in [2.05, 4.69) is 9.97 Å². The molecule has 1 fully saturated rings. The summed E-state index contributed by atoms with van der Waals surface area (Å²) >= 11 is 0. The lowest BCUT2D eigenvalue weighted by molar-refractivity contribution is -0.0165. The van der Waals surface area contributed by atoms with E-state index < -0.39 is 36.1 Å². The summed E-state index contributed by atoms with van der Waals surface area (Å²) in [5.74, 6) is -1.41. The van der Waals surface area contributed by atoms with Crippen LogP contribution in [-0.4, -0.2) is 49.0 Å². The van der Waals surface area contributed by atoms with Crippen molar-refractivity contribution in [3.05, 3.63) is 53.9 Å². The van der Waals surface area contributed by atoms with Gasteiger partial charge in [0.1, 0.15) is 41.9 Å². The molecule has 146 valence electrons. The molecule has 0 radical (unpaired) electrons. The molecule has 4 atom stereocenters. The van der Waals surface area contributed by atoms with E-state index >= 15 is 0 Å². The summed E-state index contributed by atoms with van der Waals surface area (Å²) in [5.41, 5.74) is 6.61. The fraction of sp³-hybridized carbons (Fsp3) is 0.316. The predicted octanol–water partition coefficient (Wildman–Crippen LogP) is 1.09. The molecule has 1 amide bonds. The van der Waals surface area contributed by atoms with E-state index in [0.29, 0.717) is 5.65 Å². The standard InChI is InChI=1S/C19H19FN4O4/c1-9-11-4-5-24(19(11)23-8-22-9)13-7-15(17(26)16(13)25)28-14-3-2-10(20)6-12(14)18(21)27/h2-6,8,13,15-17,25-26H,7H2,1H3,(H2,21,27)/t13-,15+,16+,17-/m1/s1. The Balaban J connectivity index is 1.64. The number of aryl methyl sites for hydroxylation is 1. The Morgan fingerprint density at radius 3 is 2.82 bits per heavy atom. The molecule has 1 aliphatic rings. The Hall–Kier alpha value is -3.04. The summed E-state index contributed by atoms with van der Waals surface area (Å²) in [4.78, 5) is 20.0. The van der Waals surface area contributed by atoms with Crippen molar-refractivity contribution < 1.29 is 24.1 Å². The number of primary amides is 1. The van der Waals surface area contributed by atoms with Gasteiger partial charge < -0.3 is 25.3 Å². The number of hydrogen-bond donors (Lipinski definition) is 3. The number of hydrogen-bond acceptors (Lipinski definition) is 6. The molecular weight excluding hydrogens is 367 g/mol. The molecular formula is C19H19FN4O4. The maximum atomic E-state index is 13.4. The number of aliphatic hydroxyl groups is 2. The highest BCUT2D eigenvalue weighted by Gasteiger charge is 2.44. The average Bonchev–Trinajstić information content (AvgIpc) is 3.20. The van der Waals surface area contributed by atoms with Crippen LogP contribution < -0.4 is 10.5 Å². The van der Waals surface area contributed by atoms with Crippen LogP contribution in [0.15, 0.2) is 36.8 Å². The molecule has 8 nitrogen and oxygen atoms in total. The first-order valence-corrected chi connectivity index (χ1v) is 8.77. The summed E-state index contributed by atoms with van der Waals surface area (Å²) in [5, 5.41) is 21.9. The molecule has 2 aromatic heterocycles. The number of nitrogens with two attached hydrogens (primary N) is 1. The van der Waals surface area contributed by atoms with Crippen molar-refractivity contribution in [3.63, 3.8) is 0 Å². The van der Waals surface area contributed by atoms with Crippen molar-refractivity contribution in [3.8, 4) is 5.75 Å². The number of aliphatic hydroxyl groups excluding tert-OH is 2. The number of ether oxygens (including phenoxy) is 1. The van der Waals surface area contributed by atoms with Gasteiger partial charge in [-0.25, -0.2) is 14.4 Å². The normalized spacial score (nSPS) is 24.6. The maximum absolute atomic E-state index is 13.4. The molecule has 0 spiro atoms. The molecule has 4 rings (SSSR count). The van der Waals surface area contributed by atoms with Gasteiger partial charge in [-0.1, -0.05) is 0 Å². The second kappa shape index (κ2) is 6.84. The molecule has 0 bridgehead atoms. The van der Waals surface area contributed by atoms with Crippen molar-refractivity contribution in [2.45, 2.75) is 37.7 Å². The molecule has 0 unspecified atom stereocenters. The third kappa shape index (κ3) is 2.98. The number of benzene rings is 1. The third-order valence-corrected chi connectivity index (χ3v) is 5.15.